The maximum atomic E-state index is 11.3. The minimum absolute atomic E-state index is 0.207. The predicted molar refractivity (Wildman–Crippen MR) is 71.0 cm³/mol. The molecule has 1 rings (SSSR count). The number of carbonyl (C=O) groups excluding carboxylic acids is 1. The monoisotopic (exact) mass is 280 g/mol. The number of nitro groups is 1. The number of hydrogen-bond acceptors (Lipinski definition) is 5. The Bertz CT molecular complexity index is 548. The zero-order valence-corrected chi connectivity index (χ0v) is 11.5. The minimum atomic E-state index is -0.581. The van der Waals surface area contributed by atoms with Gasteiger partial charge in [0.1, 0.15) is 11.8 Å². The highest BCUT2D eigenvalue weighted by Gasteiger charge is 2.15. The number of hydrogen-bond donors (Lipinski definition) is 2. The lowest BCUT2D eigenvalue weighted by molar-refractivity contribution is -0.389. The SMILES string of the molecule is CC(C)(C)OC(=O)NCCC#Cc1ncc([N+](=O)[O-])[nH]1. The summed E-state index contributed by atoms with van der Waals surface area (Å²) in [6, 6.07) is 0. The van der Waals surface area contributed by atoms with Crippen LogP contribution < -0.4 is 5.32 Å². The number of imidazole rings is 1. The van der Waals surface area contributed by atoms with E-state index in [9.17, 15) is 14.9 Å². The standard InChI is InChI=1S/C12H16N4O4/c1-12(2,3)20-11(17)13-7-5-4-6-9-14-8-10(15-9)16(18)19/h8H,5,7H2,1-3H3,(H,13,17)(H,14,15). The van der Waals surface area contributed by atoms with Crippen molar-refractivity contribution in [1.82, 2.24) is 15.3 Å². The number of ether oxygens (including phenoxy) is 1. The molecule has 0 aromatic carbocycles. The Balaban J connectivity index is 2.33. The van der Waals surface area contributed by atoms with Crippen molar-refractivity contribution in [3.63, 3.8) is 0 Å². The average molecular weight is 280 g/mol. The first-order valence-electron chi connectivity index (χ1n) is 5.93. The number of alkyl carbamates (subject to hydrolysis) is 1. The van der Waals surface area contributed by atoms with E-state index in [0.29, 0.717) is 13.0 Å². The first-order valence-corrected chi connectivity index (χ1v) is 5.93. The first-order chi connectivity index (χ1) is 9.28. The van der Waals surface area contributed by atoms with Crippen LogP contribution in [0.2, 0.25) is 0 Å². The molecular formula is C12H16N4O4. The minimum Gasteiger partial charge on any atom is -0.444 e. The average Bonchev–Trinajstić information content (AvgIpc) is 2.75. The van der Waals surface area contributed by atoms with Crippen molar-refractivity contribution in [1.29, 1.82) is 0 Å². The summed E-state index contributed by atoms with van der Waals surface area (Å²) >= 11 is 0. The van der Waals surface area contributed by atoms with Crippen molar-refractivity contribution in [3.05, 3.63) is 22.1 Å². The Labute approximate surface area is 116 Å². The van der Waals surface area contributed by atoms with Gasteiger partial charge < -0.3 is 20.2 Å². The Kier molecular flexibility index (Phi) is 5.08. The van der Waals surface area contributed by atoms with Crippen molar-refractivity contribution >= 4 is 11.9 Å². The molecule has 8 heteroatoms. The van der Waals surface area contributed by atoms with Gasteiger partial charge in [0, 0.05) is 13.0 Å². The third kappa shape index (κ3) is 5.86. The number of aromatic nitrogens is 2. The topological polar surface area (TPSA) is 110 Å². The zero-order chi connectivity index (χ0) is 15.2. The third-order valence-electron chi connectivity index (χ3n) is 1.88. The molecule has 20 heavy (non-hydrogen) atoms. The second-order valence-electron chi connectivity index (χ2n) is 4.85. The van der Waals surface area contributed by atoms with Gasteiger partial charge in [-0.25, -0.2) is 14.8 Å². The van der Waals surface area contributed by atoms with E-state index in [1.807, 2.05) is 0 Å². The van der Waals surface area contributed by atoms with Crippen LogP contribution in [-0.4, -0.2) is 33.1 Å². The summed E-state index contributed by atoms with van der Waals surface area (Å²) in [5.74, 6) is 5.37. The van der Waals surface area contributed by atoms with Crippen LogP contribution in [-0.2, 0) is 4.74 Å². The second-order valence-corrected chi connectivity index (χ2v) is 4.85. The quantitative estimate of drug-likeness (QED) is 0.378. The lowest BCUT2D eigenvalue weighted by Crippen LogP contribution is -2.32. The lowest BCUT2D eigenvalue weighted by Gasteiger charge is -2.19. The fourth-order valence-corrected chi connectivity index (χ4v) is 1.16. The lowest BCUT2D eigenvalue weighted by atomic mass is 10.2. The highest BCUT2D eigenvalue weighted by molar-refractivity contribution is 5.67. The van der Waals surface area contributed by atoms with Gasteiger partial charge in [0.15, 0.2) is 0 Å². The molecule has 0 aliphatic carbocycles. The highest BCUT2D eigenvalue weighted by atomic mass is 16.6. The zero-order valence-electron chi connectivity index (χ0n) is 11.5. The number of nitrogens with zero attached hydrogens (tertiary/aromatic N) is 2. The van der Waals surface area contributed by atoms with Crippen LogP contribution in [0.15, 0.2) is 6.20 Å². The molecular weight excluding hydrogens is 264 g/mol. The summed E-state index contributed by atoms with van der Waals surface area (Å²) in [6.07, 6.45) is 0.976. The molecule has 108 valence electrons. The van der Waals surface area contributed by atoms with Crippen LogP contribution in [0.3, 0.4) is 0 Å². The van der Waals surface area contributed by atoms with E-state index in [4.69, 9.17) is 4.74 Å². The number of amides is 1. The first kappa shape index (κ1) is 15.5. The van der Waals surface area contributed by atoms with Crippen molar-refractivity contribution in [3.8, 4) is 11.8 Å². The second kappa shape index (κ2) is 6.56. The van der Waals surface area contributed by atoms with Gasteiger partial charge in [-0.1, -0.05) is 5.92 Å². The molecule has 0 unspecified atom stereocenters. The smallest absolute Gasteiger partial charge is 0.407 e. The Morgan fingerprint density at radius 2 is 2.30 bits per heavy atom. The summed E-state index contributed by atoms with van der Waals surface area (Å²) in [5.41, 5.74) is -0.539. The Hall–Kier alpha value is -2.56. The van der Waals surface area contributed by atoms with Crippen molar-refractivity contribution < 1.29 is 14.5 Å². The summed E-state index contributed by atoms with van der Waals surface area (Å²) in [7, 11) is 0. The fourth-order valence-electron chi connectivity index (χ4n) is 1.16. The van der Waals surface area contributed by atoms with Crippen LogP contribution in [0, 0.1) is 22.0 Å². The summed E-state index contributed by atoms with van der Waals surface area (Å²) in [4.78, 5) is 27.3. The van der Waals surface area contributed by atoms with Gasteiger partial charge >= 0.3 is 11.9 Å². The van der Waals surface area contributed by atoms with E-state index >= 15 is 0 Å². The number of carbonyl (C=O) groups is 1. The van der Waals surface area contributed by atoms with Crippen molar-refractivity contribution in [2.24, 2.45) is 0 Å². The van der Waals surface area contributed by atoms with Crippen LogP contribution in [0.1, 0.15) is 33.0 Å². The van der Waals surface area contributed by atoms with Gasteiger partial charge in [0.2, 0.25) is 0 Å². The van der Waals surface area contributed by atoms with Crippen LogP contribution in [0.5, 0.6) is 0 Å². The largest absolute Gasteiger partial charge is 0.444 e. The summed E-state index contributed by atoms with van der Waals surface area (Å²) in [5, 5.41) is 13.0. The Morgan fingerprint density at radius 3 is 2.85 bits per heavy atom. The molecule has 1 aromatic heterocycles. The van der Waals surface area contributed by atoms with E-state index in [1.165, 1.54) is 0 Å². The third-order valence-corrected chi connectivity index (χ3v) is 1.88. The molecule has 0 atom stereocenters. The Morgan fingerprint density at radius 1 is 1.60 bits per heavy atom. The van der Waals surface area contributed by atoms with Gasteiger partial charge in [0.25, 0.3) is 5.82 Å². The number of nitrogens with one attached hydrogen (secondary N) is 2. The van der Waals surface area contributed by atoms with E-state index in [2.05, 4.69) is 27.1 Å². The molecule has 0 saturated carbocycles. The van der Waals surface area contributed by atoms with Crippen LogP contribution >= 0.6 is 0 Å². The molecule has 8 nitrogen and oxygen atoms in total. The summed E-state index contributed by atoms with van der Waals surface area (Å²) < 4.78 is 5.04. The highest BCUT2D eigenvalue weighted by Crippen LogP contribution is 2.06. The van der Waals surface area contributed by atoms with Gasteiger partial charge in [-0.2, -0.15) is 0 Å². The van der Waals surface area contributed by atoms with Crippen molar-refractivity contribution in [2.45, 2.75) is 32.8 Å². The van der Waals surface area contributed by atoms with Gasteiger partial charge in [0.05, 0.1) is 0 Å². The molecule has 0 saturated heterocycles. The molecule has 1 heterocycles. The van der Waals surface area contributed by atoms with Gasteiger partial charge in [-0.05, 0) is 31.6 Å². The fraction of sp³-hybridized carbons (Fsp3) is 0.500. The number of H-pyrrole nitrogens is 1. The molecule has 1 aromatic rings. The number of rotatable bonds is 3. The van der Waals surface area contributed by atoms with E-state index in [0.717, 1.165) is 6.20 Å². The number of aromatic amines is 1. The molecule has 0 bridgehead atoms. The molecule has 0 spiro atoms. The molecule has 1 amide bonds. The van der Waals surface area contributed by atoms with E-state index < -0.39 is 16.6 Å². The predicted octanol–water partition coefficient (Wildman–Crippen LogP) is 1.58. The normalized spacial score (nSPS) is 10.3. The molecule has 0 aliphatic rings. The van der Waals surface area contributed by atoms with E-state index in [1.54, 1.807) is 20.8 Å². The van der Waals surface area contributed by atoms with Gasteiger partial charge in [-0.15, -0.1) is 0 Å². The van der Waals surface area contributed by atoms with E-state index in [-0.39, 0.29) is 11.6 Å². The maximum Gasteiger partial charge on any atom is 0.407 e. The van der Waals surface area contributed by atoms with Crippen LogP contribution in [0.4, 0.5) is 10.6 Å². The van der Waals surface area contributed by atoms with Crippen molar-refractivity contribution in [2.75, 3.05) is 6.54 Å². The van der Waals surface area contributed by atoms with Gasteiger partial charge in [-0.3, -0.25) is 0 Å². The molecule has 2 N–H and O–H groups in total. The molecule has 0 fully saturated rings. The summed E-state index contributed by atoms with van der Waals surface area (Å²) in [6.45, 7) is 5.65. The van der Waals surface area contributed by atoms with Crippen LogP contribution in [0.25, 0.3) is 0 Å². The molecule has 0 radical (unpaired) electrons. The maximum absolute atomic E-state index is 11.3. The molecule has 0 aliphatic heterocycles.